The topological polar surface area (TPSA) is 77.0 Å². The third-order valence-corrected chi connectivity index (χ3v) is 4.92. The van der Waals surface area contributed by atoms with Crippen molar-refractivity contribution in [2.75, 3.05) is 12.4 Å². The molecular weight excluding hydrogens is 379 g/mol. The van der Waals surface area contributed by atoms with Gasteiger partial charge in [-0.25, -0.2) is 9.37 Å². The summed E-state index contributed by atoms with van der Waals surface area (Å²) < 4.78 is 18.5. The fourth-order valence-corrected chi connectivity index (χ4v) is 3.57. The monoisotopic (exact) mass is 394 g/mol. The Hall–Kier alpha value is -3.39. The summed E-state index contributed by atoms with van der Waals surface area (Å²) >= 11 is 1.25. The second-order valence-electron chi connectivity index (χ2n) is 5.99. The highest BCUT2D eigenvalue weighted by Gasteiger charge is 2.16. The maximum Gasteiger partial charge on any atom is 0.258 e. The van der Waals surface area contributed by atoms with Crippen LogP contribution in [0.15, 0.2) is 54.6 Å². The van der Waals surface area contributed by atoms with Gasteiger partial charge in [-0.15, -0.1) is 10.2 Å². The van der Waals surface area contributed by atoms with E-state index in [1.54, 1.807) is 12.1 Å². The molecule has 2 aromatic heterocycles. The number of rotatable bonds is 5. The van der Waals surface area contributed by atoms with Crippen LogP contribution in [0, 0.1) is 5.82 Å². The molecule has 1 N–H and O–H groups in total. The number of methoxy groups -OCH3 is 1. The Bertz CT molecular complexity index is 1160. The van der Waals surface area contributed by atoms with Crippen molar-refractivity contribution < 1.29 is 13.9 Å². The molecule has 0 bridgehead atoms. The molecule has 0 spiro atoms. The summed E-state index contributed by atoms with van der Waals surface area (Å²) in [5, 5.41) is 12.6. The number of para-hydroxylation sites is 1. The van der Waals surface area contributed by atoms with Crippen LogP contribution in [0.1, 0.15) is 20.9 Å². The van der Waals surface area contributed by atoms with E-state index in [1.165, 1.54) is 30.6 Å². The first-order chi connectivity index (χ1) is 13.6. The first-order valence-electron chi connectivity index (χ1n) is 8.44. The van der Waals surface area contributed by atoms with Crippen LogP contribution in [0.3, 0.4) is 0 Å². The van der Waals surface area contributed by atoms with Crippen molar-refractivity contribution in [1.29, 1.82) is 0 Å². The van der Waals surface area contributed by atoms with Crippen molar-refractivity contribution in [2.45, 2.75) is 6.42 Å². The lowest BCUT2D eigenvalue weighted by atomic mass is 10.1. The molecule has 2 heterocycles. The largest absolute Gasteiger partial charge is 0.481 e. The zero-order valence-corrected chi connectivity index (χ0v) is 15.7. The van der Waals surface area contributed by atoms with Gasteiger partial charge in [0, 0.05) is 17.9 Å². The second-order valence-corrected chi connectivity index (χ2v) is 7.05. The van der Waals surface area contributed by atoms with Crippen LogP contribution in [-0.2, 0) is 6.42 Å². The molecule has 0 fully saturated rings. The SMILES string of the molecule is COc1cc(C(=O)Nc2nnc(Cc3cccc(F)c3)s2)c2ccccc2n1. The van der Waals surface area contributed by atoms with Crippen molar-refractivity contribution in [3.05, 3.63) is 76.5 Å². The molecular formula is C20H15FN4O2S. The highest BCUT2D eigenvalue weighted by atomic mass is 32.1. The van der Waals surface area contributed by atoms with Crippen molar-refractivity contribution in [1.82, 2.24) is 15.2 Å². The quantitative estimate of drug-likeness (QED) is 0.552. The molecule has 8 heteroatoms. The van der Waals surface area contributed by atoms with Gasteiger partial charge in [-0.05, 0) is 23.8 Å². The average Bonchev–Trinajstić information content (AvgIpc) is 3.13. The fraction of sp³-hybridized carbons (Fsp3) is 0.100. The number of halogens is 1. The summed E-state index contributed by atoms with van der Waals surface area (Å²) in [7, 11) is 1.50. The number of aromatic nitrogens is 3. The number of hydrogen-bond acceptors (Lipinski definition) is 6. The van der Waals surface area contributed by atoms with Crippen LogP contribution in [0.4, 0.5) is 9.52 Å². The molecule has 0 saturated carbocycles. The summed E-state index contributed by atoms with van der Waals surface area (Å²) in [6.45, 7) is 0. The van der Waals surface area contributed by atoms with Gasteiger partial charge >= 0.3 is 0 Å². The molecule has 0 aliphatic heterocycles. The number of carbonyl (C=O) groups is 1. The van der Waals surface area contributed by atoms with E-state index in [9.17, 15) is 9.18 Å². The Kier molecular flexibility index (Phi) is 4.94. The van der Waals surface area contributed by atoms with Gasteiger partial charge in [-0.2, -0.15) is 0 Å². The van der Waals surface area contributed by atoms with E-state index >= 15 is 0 Å². The van der Waals surface area contributed by atoms with Crippen LogP contribution in [0.25, 0.3) is 10.9 Å². The van der Waals surface area contributed by atoms with Gasteiger partial charge in [0.2, 0.25) is 11.0 Å². The van der Waals surface area contributed by atoms with Crippen molar-refractivity contribution in [3.63, 3.8) is 0 Å². The first kappa shape index (κ1) is 18.0. The highest BCUT2D eigenvalue weighted by molar-refractivity contribution is 7.15. The fourth-order valence-electron chi connectivity index (χ4n) is 2.81. The Morgan fingerprint density at radius 1 is 1.14 bits per heavy atom. The molecule has 0 atom stereocenters. The molecule has 0 aliphatic carbocycles. The van der Waals surface area contributed by atoms with Crippen molar-refractivity contribution in [2.24, 2.45) is 0 Å². The zero-order chi connectivity index (χ0) is 19.5. The summed E-state index contributed by atoms with van der Waals surface area (Å²) in [6, 6.07) is 15.2. The highest BCUT2D eigenvalue weighted by Crippen LogP contribution is 2.24. The van der Waals surface area contributed by atoms with Gasteiger partial charge in [0.05, 0.1) is 18.2 Å². The molecule has 0 saturated heterocycles. The summed E-state index contributed by atoms with van der Waals surface area (Å²) in [5.41, 5.74) is 1.89. The smallest absolute Gasteiger partial charge is 0.258 e. The lowest BCUT2D eigenvalue weighted by molar-refractivity contribution is 0.102. The predicted octanol–water partition coefficient (Wildman–Crippen LogP) is 4.08. The Labute approximate surface area is 164 Å². The van der Waals surface area contributed by atoms with Crippen LogP contribution < -0.4 is 10.1 Å². The number of carbonyl (C=O) groups excluding carboxylic acids is 1. The number of amides is 1. The molecule has 0 radical (unpaired) electrons. The minimum atomic E-state index is -0.328. The Morgan fingerprint density at radius 3 is 2.82 bits per heavy atom. The predicted molar refractivity (Wildman–Crippen MR) is 105 cm³/mol. The van der Waals surface area contributed by atoms with Gasteiger partial charge < -0.3 is 4.74 Å². The van der Waals surface area contributed by atoms with E-state index in [1.807, 2.05) is 30.3 Å². The van der Waals surface area contributed by atoms with Crippen LogP contribution >= 0.6 is 11.3 Å². The van der Waals surface area contributed by atoms with Crippen LogP contribution in [0.5, 0.6) is 5.88 Å². The van der Waals surface area contributed by atoms with Crippen molar-refractivity contribution >= 4 is 33.3 Å². The minimum Gasteiger partial charge on any atom is -0.481 e. The van der Waals surface area contributed by atoms with E-state index in [0.29, 0.717) is 38.9 Å². The van der Waals surface area contributed by atoms with E-state index in [-0.39, 0.29) is 11.7 Å². The minimum absolute atomic E-state index is 0.297. The molecule has 0 aliphatic rings. The number of nitrogens with one attached hydrogen (secondary N) is 1. The van der Waals surface area contributed by atoms with E-state index in [4.69, 9.17) is 4.74 Å². The van der Waals surface area contributed by atoms with E-state index < -0.39 is 0 Å². The third-order valence-electron chi connectivity index (χ3n) is 4.08. The molecule has 0 unspecified atom stereocenters. The zero-order valence-electron chi connectivity index (χ0n) is 14.8. The second kappa shape index (κ2) is 7.69. The van der Waals surface area contributed by atoms with Crippen LogP contribution in [-0.4, -0.2) is 28.2 Å². The summed E-state index contributed by atoms with van der Waals surface area (Å²) in [5.74, 6) is -0.271. The molecule has 28 heavy (non-hydrogen) atoms. The number of nitrogens with zero attached hydrogens (tertiary/aromatic N) is 3. The number of benzene rings is 2. The first-order valence-corrected chi connectivity index (χ1v) is 9.26. The molecule has 2 aromatic carbocycles. The summed E-state index contributed by atoms with van der Waals surface area (Å²) in [6.07, 6.45) is 0.442. The van der Waals surface area contributed by atoms with Gasteiger partial charge in [0.1, 0.15) is 10.8 Å². The van der Waals surface area contributed by atoms with Gasteiger partial charge in [-0.1, -0.05) is 41.7 Å². The number of ether oxygens (including phenoxy) is 1. The number of anilines is 1. The van der Waals surface area contributed by atoms with Crippen LogP contribution in [0.2, 0.25) is 0 Å². The lowest BCUT2D eigenvalue weighted by Gasteiger charge is -2.08. The maximum absolute atomic E-state index is 13.3. The number of pyridine rings is 1. The molecule has 4 aromatic rings. The standard InChI is InChI=1S/C20H15FN4O2S/c1-27-17-11-15(14-7-2-3-8-16(14)22-17)19(26)23-20-25-24-18(28-20)10-12-5-4-6-13(21)9-12/h2-9,11H,10H2,1H3,(H,23,25,26). The van der Waals surface area contributed by atoms with Gasteiger partial charge in [0.15, 0.2) is 0 Å². The Balaban J connectivity index is 1.56. The lowest BCUT2D eigenvalue weighted by Crippen LogP contribution is -2.13. The average molecular weight is 394 g/mol. The molecule has 1 amide bonds. The molecule has 6 nitrogen and oxygen atoms in total. The number of fused-ring (bicyclic) bond motifs is 1. The summed E-state index contributed by atoms with van der Waals surface area (Å²) in [4.78, 5) is 17.1. The number of hydrogen-bond donors (Lipinski definition) is 1. The van der Waals surface area contributed by atoms with Gasteiger partial charge in [-0.3, -0.25) is 10.1 Å². The van der Waals surface area contributed by atoms with Gasteiger partial charge in [0.25, 0.3) is 5.91 Å². The molecule has 140 valence electrons. The van der Waals surface area contributed by atoms with Crippen molar-refractivity contribution in [3.8, 4) is 5.88 Å². The van der Waals surface area contributed by atoms with E-state index in [2.05, 4.69) is 20.5 Å². The normalized spacial score (nSPS) is 10.8. The van der Waals surface area contributed by atoms with E-state index in [0.717, 1.165) is 5.56 Å². The Morgan fingerprint density at radius 2 is 2.00 bits per heavy atom. The molecule has 4 rings (SSSR count). The maximum atomic E-state index is 13.3. The third kappa shape index (κ3) is 3.81.